The van der Waals surface area contributed by atoms with Crippen LogP contribution in [0.3, 0.4) is 0 Å². The first-order chi connectivity index (χ1) is 8.70. The molecule has 0 spiro atoms. The van der Waals surface area contributed by atoms with Gasteiger partial charge in [0.1, 0.15) is 11.4 Å². The number of imide groups is 1. The maximum atomic E-state index is 11.7. The third-order valence-corrected chi connectivity index (χ3v) is 2.66. The van der Waals surface area contributed by atoms with Crippen LogP contribution in [0.2, 0.25) is 0 Å². The Morgan fingerprint density at radius 1 is 1.28 bits per heavy atom. The molecule has 1 atom stereocenters. The molecule has 1 fully saturated rings. The summed E-state index contributed by atoms with van der Waals surface area (Å²) in [5.41, 5.74) is 0.140. The minimum absolute atomic E-state index is 0.140. The number of nitroso groups, excluding NO2 is 1. The van der Waals surface area contributed by atoms with E-state index < -0.39 is 12.0 Å². The minimum atomic E-state index is -0.764. The lowest BCUT2D eigenvalue weighted by molar-refractivity contribution is -0.133. The van der Waals surface area contributed by atoms with E-state index in [1.54, 1.807) is 18.2 Å². The van der Waals surface area contributed by atoms with E-state index in [2.05, 4.69) is 10.5 Å². The zero-order valence-electron chi connectivity index (χ0n) is 9.59. The fourth-order valence-electron chi connectivity index (χ4n) is 1.76. The predicted octanol–water partition coefficient (Wildman–Crippen LogP) is 1.66. The van der Waals surface area contributed by atoms with Crippen LogP contribution in [0.25, 0.3) is 0 Å². The minimum Gasteiger partial charge on any atom is -0.478 e. The van der Waals surface area contributed by atoms with Gasteiger partial charge >= 0.3 is 0 Å². The topological polar surface area (TPSA) is 84.8 Å². The van der Waals surface area contributed by atoms with Crippen molar-refractivity contribution in [3.8, 4) is 5.75 Å². The lowest BCUT2D eigenvalue weighted by Gasteiger charge is -2.15. The van der Waals surface area contributed by atoms with Gasteiger partial charge in [-0.15, -0.1) is 4.91 Å². The third-order valence-electron chi connectivity index (χ3n) is 2.66. The van der Waals surface area contributed by atoms with Crippen molar-refractivity contribution in [2.45, 2.75) is 25.4 Å². The van der Waals surface area contributed by atoms with E-state index in [4.69, 9.17) is 4.74 Å². The monoisotopic (exact) mass is 248 g/mol. The molecule has 0 aromatic heterocycles. The molecule has 0 bridgehead atoms. The van der Waals surface area contributed by atoms with Crippen LogP contribution < -0.4 is 10.1 Å². The molecule has 1 unspecified atom stereocenters. The molecule has 1 saturated heterocycles. The Morgan fingerprint density at radius 3 is 2.83 bits per heavy atom. The van der Waals surface area contributed by atoms with E-state index in [-0.39, 0.29) is 17.3 Å². The summed E-state index contributed by atoms with van der Waals surface area (Å²) in [6.45, 7) is 0. The summed E-state index contributed by atoms with van der Waals surface area (Å²) < 4.78 is 5.46. The van der Waals surface area contributed by atoms with Crippen LogP contribution in [0, 0.1) is 4.91 Å². The molecule has 6 heteroatoms. The highest BCUT2D eigenvalue weighted by Crippen LogP contribution is 2.28. The van der Waals surface area contributed by atoms with Crippen molar-refractivity contribution in [3.63, 3.8) is 0 Å². The predicted molar refractivity (Wildman–Crippen MR) is 63.3 cm³/mol. The van der Waals surface area contributed by atoms with Crippen LogP contribution in [0.4, 0.5) is 5.69 Å². The number of nitrogens with one attached hydrogen (secondary N) is 1. The molecule has 94 valence electrons. The quantitative estimate of drug-likeness (QED) is 0.651. The van der Waals surface area contributed by atoms with Crippen molar-refractivity contribution in [3.05, 3.63) is 29.2 Å². The van der Waals surface area contributed by atoms with Crippen molar-refractivity contribution in [2.24, 2.45) is 5.18 Å². The number of hydrogen-bond donors (Lipinski definition) is 1. The van der Waals surface area contributed by atoms with Gasteiger partial charge in [0.15, 0.2) is 6.10 Å². The number of carbonyl (C=O) groups excluding carboxylic acids is 2. The molecule has 0 aliphatic carbocycles. The number of para-hydroxylation sites is 1. The van der Waals surface area contributed by atoms with E-state index in [0.29, 0.717) is 19.3 Å². The standard InChI is InChI=1S/C12H12N2O4/c15-11-7-3-6-10(12(16)13-11)18-9-5-2-1-4-8(9)14-17/h1-2,4-5,10H,3,6-7H2,(H,13,15,16). The lowest BCUT2D eigenvalue weighted by Crippen LogP contribution is -2.38. The summed E-state index contributed by atoms with van der Waals surface area (Å²) in [7, 11) is 0. The van der Waals surface area contributed by atoms with Crippen molar-refractivity contribution in [1.82, 2.24) is 5.32 Å². The fraction of sp³-hybridized carbons (Fsp3) is 0.333. The average molecular weight is 248 g/mol. The molecule has 0 radical (unpaired) electrons. The van der Waals surface area contributed by atoms with Gasteiger partial charge in [-0.2, -0.15) is 0 Å². The Kier molecular flexibility index (Phi) is 3.66. The van der Waals surface area contributed by atoms with Gasteiger partial charge in [0.05, 0.1) is 0 Å². The molecule has 2 rings (SSSR count). The molecule has 18 heavy (non-hydrogen) atoms. The number of ether oxygens (including phenoxy) is 1. The summed E-state index contributed by atoms with van der Waals surface area (Å²) in [6.07, 6.45) is 0.544. The van der Waals surface area contributed by atoms with Crippen LogP contribution in [0.1, 0.15) is 19.3 Å². The van der Waals surface area contributed by atoms with Crippen molar-refractivity contribution in [2.75, 3.05) is 0 Å². The molecular weight excluding hydrogens is 236 g/mol. The van der Waals surface area contributed by atoms with Crippen molar-refractivity contribution < 1.29 is 14.3 Å². The van der Waals surface area contributed by atoms with Crippen LogP contribution in [0.5, 0.6) is 5.75 Å². The number of amides is 2. The van der Waals surface area contributed by atoms with Crippen LogP contribution in [-0.2, 0) is 9.59 Å². The summed E-state index contributed by atoms with van der Waals surface area (Å²) in [6, 6.07) is 6.41. The molecule has 1 aliphatic rings. The van der Waals surface area contributed by atoms with Crippen LogP contribution in [0.15, 0.2) is 29.4 Å². The van der Waals surface area contributed by atoms with Crippen molar-refractivity contribution in [1.29, 1.82) is 0 Å². The summed E-state index contributed by atoms with van der Waals surface area (Å²) >= 11 is 0. The van der Waals surface area contributed by atoms with Gasteiger partial charge in [-0.05, 0) is 30.2 Å². The second-order valence-electron chi connectivity index (χ2n) is 3.97. The molecule has 1 aromatic rings. The highest BCUT2D eigenvalue weighted by molar-refractivity contribution is 5.98. The average Bonchev–Trinajstić information content (AvgIpc) is 2.52. The highest BCUT2D eigenvalue weighted by Gasteiger charge is 2.26. The molecule has 1 heterocycles. The second-order valence-corrected chi connectivity index (χ2v) is 3.97. The molecule has 1 N–H and O–H groups in total. The van der Waals surface area contributed by atoms with Gasteiger partial charge in [0.2, 0.25) is 5.91 Å². The Morgan fingerprint density at radius 2 is 2.06 bits per heavy atom. The first-order valence-electron chi connectivity index (χ1n) is 5.63. The SMILES string of the molecule is O=Nc1ccccc1OC1CCCC(=O)NC1=O. The Balaban J connectivity index is 2.14. The first kappa shape index (κ1) is 12.2. The Labute approximate surface area is 103 Å². The number of rotatable bonds is 3. The lowest BCUT2D eigenvalue weighted by atomic mass is 10.2. The fourth-order valence-corrected chi connectivity index (χ4v) is 1.76. The summed E-state index contributed by atoms with van der Waals surface area (Å²) in [5, 5.41) is 5.06. The van der Waals surface area contributed by atoms with Gasteiger partial charge < -0.3 is 4.74 Å². The van der Waals surface area contributed by atoms with E-state index in [9.17, 15) is 14.5 Å². The molecule has 2 amide bonds. The van der Waals surface area contributed by atoms with Crippen LogP contribution in [-0.4, -0.2) is 17.9 Å². The van der Waals surface area contributed by atoms with E-state index in [1.807, 2.05) is 0 Å². The zero-order valence-corrected chi connectivity index (χ0v) is 9.59. The smallest absolute Gasteiger partial charge is 0.267 e. The van der Waals surface area contributed by atoms with E-state index in [0.717, 1.165) is 0 Å². The van der Waals surface area contributed by atoms with Crippen molar-refractivity contribution >= 4 is 17.5 Å². The van der Waals surface area contributed by atoms with Gasteiger partial charge in [0, 0.05) is 6.42 Å². The molecule has 0 saturated carbocycles. The molecular formula is C12H12N2O4. The third kappa shape index (κ3) is 2.71. The molecule has 1 aliphatic heterocycles. The zero-order chi connectivity index (χ0) is 13.0. The Bertz CT molecular complexity index is 487. The highest BCUT2D eigenvalue weighted by atomic mass is 16.5. The van der Waals surface area contributed by atoms with E-state index in [1.165, 1.54) is 6.07 Å². The number of carbonyl (C=O) groups is 2. The molecule has 1 aromatic carbocycles. The van der Waals surface area contributed by atoms with Gasteiger partial charge in [-0.3, -0.25) is 14.9 Å². The van der Waals surface area contributed by atoms with Gasteiger partial charge in [-0.25, -0.2) is 0 Å². The number of nitrogens with zero attached hydrogens (tertiary/aromatic N) is 1. The maximum Gasteiger partial charge on any atom is 0.267 e. The van der Waals surface area contributed by atoms with Gasteiger partial charge in [0.25, 0.3) is 5.91 Å². The number of benzene rings is 1. The first-order valence-corrected chi connectivity index (χ1v) is 5.63. The van der Waals surface area contributed by atoms with Crippen LogP contribution >= 0.6 is 0 Å². The Hall–Kier alpha value is -2.24. The summed E-state index contributed by atoms with van der Waals surface area (Å²) in [4.78, 5) is 33.4. The molecule has 6 nitrogen and oxygen atoms in total. The largest absolute Gasteiger partial charge is 0.478 e. The normalized spacial score (nSPS) is 19.9. The van der Waals surface area contributed by atoms with Gasteiger partial charge in [-0.1, -0.05) is 12.1 Å². The van der Waals surface area contributed by atoms with E-state index >= 15 is 0 Å². The summed E-state index contributed by atoms with van der Waals surface area (Å²) in [5.74, 6) is -0.520. The second kappa shape index (κ2) is 5.39. The maximum absolute atomic E-state index is 11.7. The number of hydrogen-bond acceptors (Lipinski definition) is 5.